The Kier molecular flexibility index (Phi) is 4.73. The van der Waals surface area contributed by atoms with Gasteiger partial charge in [-0.1, -0.05) is 0 Å². The number of halogens is 3. The summed E-state index contributed by atoms with van der Waals surface area (Å²) < 4.78 is 72.5. The zero-order valence-electron chi connectivity index (χ0n) is 14.9. The van der Waals surface area contributed by atoms with Gasteiger partial charge in [0, 0.05) is 19.4 Å². The number of hydrogen-bond donors (Lipinski definition) is 1. The highest BCUT2D eigenvalue weighted by atomic mass is 32.2. The van der Waals surface area contributed by atoms with Crippen LogP contribution in [0.2, 0.25) is 0 Å². The first-order valence-corrected chi connectivity index (χ1v) is 9.44. The smallest absolute Gasteiger partial charge is 0.427 e. The number of cyclic esters (lactones) is 1. The molecule has 0 spiro atoms. The summed E-state index contributed by atoms with van der Waals surface area (Å²) in [5, 5.41) is -0.285. The molecule has 2 atom stereocenters. The maximum atomic E-state index is 13.1. The van der Waals surface area contributed by atoms with Crippen molar-refractivity contribution in [2.75, 3.05) is 9.62 Å². The zero-order chi connectivity index (χ0) is 20.9. The number of ether oxygens (including phenoxy) is 1. The maximum absolute atomic E-state index is 13.1. The molecule has 3 rings (SSSR count). The predicted molar refractivity (Wildman–Crippen MR) is 91.3 cm³/mol. The Morgan fingerprint density at radius 1 is 1.32 bits per heavy atom. The molecular formula is C15H16F3N5O4S. The SMILES string of the molecule is Cc1nc(S(=O)(=O)Nc2cccnc2N2C(=O)OC(C(F)(F)F)C2C)cn1C. The lowest BCUT2D eigenvalue weighted by molar-refractivity contribution is -0.198. The van der Waals surface area contributed by atoms with E-state index in [9.17, 15) is 26.4 Å². The average Bonchev–Trinajstić information content (AvgIpc) is 3.08. The molecule has 0 radical (unpaired) electrons. The first-order chi connectivity index (χ1) is 12.9. The molecule has 1 fully saturated rings. The van der Waals surface area contributed by atoms with Crippen LogP contribution < -0.4 is 9.62 Å². The lowest BCUT2D eigenvalue weighted by atomic mass is 10.1. The third-order valence-corrected chi connectivity index (χ3v) is 5.45. The van der Waals surface area contributed by atoms with Gasteiger partial charge in [-0.05, 0) is 26.0 Å². The molecule has 0 aromatic carbocycles. The van der Waals surface area contributed by atoms with E-state index in [-0.39, 0.29) is 16.5 Å². The first kappa shape index (κ1) is 19.9. The monoisotopic (exact) mass is 419 g/mol. The number of aryl methyl sites for hydroxylation is 2. The average molecular weight is 419 g/mol. The summed E-state index contributed by atoms with van der Waals surface area (Å²) in [5.41, 5.74) is -0.183. The molecule has 13 heteroatoms. The number of nitrogens with zero attached hydrogens (tertiary/aromatic N) is 4. The van der Waals surface area contributed by atoms with Crippen molar-refractivity contribution in [1.29, 1.82) is 0 Å². The molecule has 1 amide bonds. The molecular weight excluding hydrogens is 403 g/mol. The standard InChI is InChI=1S/C15H16F3N5O4S/c1-8-12(15(16,17)18)27-14(24)23(8)13-10(5-4-6-19-13)21-28(25,26)11-7-22(3)9(2)20-11/h4-8,12,21H,1-3H3. The third kappa shape index (κ3) is 3.48. The highest BCUT2D eigenvalue weighted by Gasteiger charge is 2.55. The van der Waals surface area contributed by atoms with Gasteiger partial charge in [-0.15, -0.1) is 0 Å². The number of alkyl halides is 3. The zero-order valence-corrected chi connectivity index (χ0v) is 15.7. The summed E-state index contributed by atoms with van der Waals surface area (Å²) in [6, 6.07) is 1.21. The van der Waals surface area contributed by atoms with Crippen molar-refractivity contribution >= 4 is 27.6 Å². The van der Waals surface area contributed by atoms with Crippen LogP contribution >= 0.6 is 0 Å². The van der Waals surface area contributed by atoms with Gasteiger partial charge in [-0.25, -0.2) is 14.8 Å². The Balaban J connectivity index is 1.97. The Bertz CT molecular complexity index is 1000. The predicted octanol–water partition coefficient (Wildman–Crippen LogP) is 2.20. The van der Waals surface area contributed by atoms with Gasteiger partial charge in [0.15, 0.2) is 10.8 Å². The van der Waals surface area contributed by atoms with Crippen LogP contribution in [0.1, 0.15) is 12.7 Å². The molecule has 152 valence electrons. The van der Waals surface area contributed by atoms with Crippen LogP contribution in [0.4, 0.5) is 29.5 Å². The van der Waals surface area contributed by atoms with Gasteiger partial charge in [-0.2, -0.15) is 21.6 Å². The topological polar surface area (TPSA) is 106 Å². The van der Waals surface area contributed by atoms with Crippen molar-refractivity contribution in [3.05, 3.63) is 30.4 Å². The van der Waals surface area contributed by atoms with Crippen LogP contribution in [-0.2, 0) is 21.8 Å². The Hall–Kier alpha value is -2.83. The second-order valence-electron chi connectivity index (χ2n) is 6.17. The molecule has 2 aromatic rings. The molecule has 0 saturated carbocycles. The summed E-state index contributed by atoms with van der Waals surface area (Å²) >= 11 is 0. The summed E-state index contributed by atoms with van der Waals surface area (Å²) in [4.78, 5) is 20.5. The van der Waals surface area contributed by atoms with E-state index in [1.807, 2.05) is 0 Å². The van der Waals surface area contributed by atoms with Gasteiger partial charge >= 0.3 is 12.3 Å². The fourth-order valence-corrected chi connectivity index (χ4v) is 3.81. The lowest BCUT2D eigenvalue weighted by Crippen LogP contribution is -2.41. The first-order valence-electron chi connectivity index (χ1n) is 7.96. The molecule has 1 aliphatic heterocycles. The van der Waals surface area contributed by atoms with E-state index in [4.69, 9.17) is 0 Å². The van der Waals surface area contributed by atoms with Gasteiger partial charge < -0.3 is 9.30 Å². The van der Waals surface area contributed by atoms with Crippen LogP contribution in [0.15, 0.2) is 29.6 Å². The molecule has 28 heavy (non-hydrogen) atoms. The van der Waals surface area contributed by atoms with Crippen LogP contribution in [0, 0.1) is 6.92 Å². The van der Waals surface area contributed by atoms with E-state index in [1.54, 1.807) is 14.0 Å². The van der Waals surface area contributed by atoms with Crippen molar-refractivity contribution in [1.82, 2.24) is 14.5 Å². The van der Waals surface area contributed by atoms with E-state index in [2.05, 4.69) is 19.4 Å². The lowest BCUT2D eigenvalue weighted by Gasteiger charge is -2.23. The van der Waals surface area contributed by atoms with Crippen molar-refractivity contribution in [2.45, 2.75) is 37.2 Å². The van der Waals surface area contributed by atoms with Crippen LogP contribution in [0.25, 0.3) is 0 Å². The molecule has 0 bridgehead atoms. The molecule has 0 aliphatic carbocycles. The van der Waals surface area contributed by atoms with Gasteiger partial charge in [0.2, 0.25) is 6.10 Å². The quantitative estimate of drug-likeness (QED) is 0.814. The van der Waals surface area contributed by atoms with E-state index in [1.165, 1.54) is 29.1 Å². The number of rotatable bonds is 4. The molecule has 3 heterocycles. The summed E-state index contributed by atoms with van der Waals surface area (Å²) in [7, 11) is -2.56. The van der Waals surface area contributed by atoms with E-state index in [0.717, 1.165) is 6.92 Å². The number of aromatic nitrogens is 3. The number of pyridine rings is 1. The number of amides is 1. The van der Waals surface area contributed by atoms with Gasteiger partial charge in [0.25, 0.3) is 10.0 Å². The second kappa shape index (κ2) is 6.65. The van der Waals surface area contributed by atoms with Crippen molar-refractivity contribution in [2.24, 2.45) is 7.05 Å². The summed E-state index contributed by atoms with van der Waals surface area (Å²) in [5.74, 6) is 0.138. The summed E-state index contributed by atoms with van der Waals surface area (Å²) in [6.45, 7) is 2.74. The second-order valence-corrected chi connectivity index (χ2v) is 7.80. The van der Waals surface area contributed by atoms with Crippen LogP contribution in [0.3, 0.4) is 0 Å². The number of imidazole rings is 1. The van der Waals surface area contributed by atoms with Crippen molar-refractivity contribution in [3.8, 4) is 0 Å². The molecule has 1 saturated heterocycles. The van der Waals surface area contributed by atoms with E-state index >= 15 is 0 Å². The third-order valence-electron chi connectivity index (χ3n) is 4.21. The highest BCUT2D eigenvalue weighted by molar-refractivity contribution is 7.92. The Morgan fingerprint density at radius 2 is 2.00 bits per heavy atom. The Labute approximate surface area is 158 Å². The van der Waals surface area contributed by atoms with Crippen molar-refractivity contribution in [3.63, 3.8) is 0 Å². The Morgan fingerprint density at radius 3 is 2.54 bits per heavy atom. The number of carbonyl (C=O) groups excluding carboxylic acids is 1. The van der Waals surface area contributed by atoms with Gasteiger partial charge in [-0.3, -0.25) is 9.62 Å². The van der Waals surface area contributed by atoms with Gasteiger partial charge in [0.1, 0.15) is 5.82 Å². The number of hydrogen-bond acceptors (Lipinski definition) is 6. The minimum Gasteiger partial charge on any atom is -0.434 e. The van der Waals surface area contributed by atoms with E-state index < -0.39 is 34.4 Å². The number of anilines is 2. The number of nitrogens with one attached hydrogen (secondary N) is 1. The molecule has 1 aliphatic rings. The number of carbonyl (C=O) groups is 1. The molecule has 2 aromatic heterocycles. The van der Waals surface area contributed by atoms with E-state index in [0.29, 0.717) is 10.7 Å². The highest BCUT2D eigenvalue weighted by Crippen LogP contribution is 2.37. The minimum absolute atomic E-state index is 0.183. The molecule has 9 nitrogen and oxygen atoms in total. The van der Waals surface area contributed by atoms with Crippen LogP contribution in [-0.4, -0.2) is 47.4 Å². The molecule has 2 unspecified atom stereocenters. The fourth-order valence-electron chi connectivity index (χ4n) is 2.71. The fraction of sp³-hybridized carbons (Fsp3) is 0.400. The molecule has 1 N–H and O–H groups in total. The van der Waals surface area contributed by atoms with Gasteiger partial charge in [0.05, 0.1) is 11.7 Å². The van der Waals surface area contributed by atoms with Crippen LogP contribution in [0.5, 0.6) is 0 Å². The summed E-state index contributed by atoms with van der Waals surface area (Å²) in [6.07, 6.45) is -5.91. The maximum Gasteiger partial charge on any atom is 0.427 e. The minimum atomic E-state index is -4.77. The normalized spacial score (nSPS) is 20.4. The largest absolute Gasteiger partial charge is 0.434 e. The van der Waals surface area contributed by atoms with Crippen molar-refractivity contribution < 1.29 is 31.1 Å². The number of sulfonamides is 1.